The molecule has 10 rings (SSSR count). The Balaban J connectivity index is 1.30. The van der Waals surface area contributed by atoms with Crippen LogP contribution in [0.4, 0.5) is 0 Å². The Morgan fingerprint density at radius 2 is 0.918 bits per heavy atom. The highest BCUT2D eigenvalue weighted by Crippen LogP contribution is 2.42. The number of furan rings is 1. The summed E-state index contributed by atoms with van der Waals surface area (Å²) in [6.07, 6.45) is 0. The number of aromatic nitrogens is 3. The van der Waals surface area contributed by atoms with Crippen molar-refractivity contribution < 1.29 is 4.42 Å². The first-order chi connectivity index (χ1) is 24.3. The fraction of sp³-hybridized carbons (Fsp3) is 0. The summed E-state index contributed by atoms with van der Waals surface area (Å²) in [5.74, 6) is 1.85. The molecule has 4 heteroatoms. The van der Waals surface area contributed by atoms with Crippen LogP contribution >= 0.6 is 0 Å². The lowest BCUT2D eigenvalue weighted by Gasteiger charge is -2.14. The maximum Gasteiger partial charge on any atom is 0.164 e. The number of rotatable bonds is 4. The molecule has 10 aromatic rings. The lowest BCUT2D eigenvalue weighted by molar-refractivity contribution is 0.670. The molecule has 8 aromatic carbocycles. The van der Waals surface area contributed by atoms with E-state index in [0.29, 0.717) is 17.5 Å². The molecule has 4 nitrogen and oxygen atoms in total. The first-order valence-electron chi connectivity index (χ1n) is 16.5. The highest BCUT2D eigenvalue weighted by Gasteiger charge is 2.21. The molecule has 0 spiro atoms. The van der Waals surface area contributed by atoms with Crippen LogP contribution in [0, 0.1) is 0 Å². The minimum atomic E-state index is 0.599. The summed E-state index contributed by atoms with van der Waals surface area (Å²) in [4.78, 5) is 15.7. The second-order valence-electron chi connectivity index (χ2n) is 12.4. The third kappa shape index (κ3) is 4.42. The Hall–Kier alpha value is -6.65. The summed E-state index contributed by atoms with van der Waals surface area (Å²) < 4.78 is 6.61. The average Bonchev–Trinajstić information content (AvgIpc) is 3.57. The fourth-order valence-corrected chi connectivity index (χ4v) is 7.24. The van der Waals surface area contributed by atoms with Crippen molar-refractivity contribution in [3.05, 3.63) is 164 Å². The van der Waals surface area contributed by atoms with Gasteiger partial charge in [0, 0.05) is 33.0 Å². The average molecular weight is 626 g/mol. The van der Waals surface area contributed by atoms with Crippen LogP contribution in [0.1, 0.15) is 0 Å². The van der Waals surface area contributed by atoms with E-state index >= 15 is 0 Å². The molecule has 0 aliphatic heterocycles. The smallest absolute Gasteiger partial charge is 0.164 e. The van der Waals surface area contributed by atoms with Crippen LogP contribution in [-0.2, 0) is 0 Å². The molecule has 0 fully saturated rings. The number of para-hydroxylation sites is 1. The summed E-state index contributed by atoms with van der Waals surface area (Å²) in [6.45, 7) is 0. The quantitative estimate of drug-likeness (QED) is 0.183. The molecule has 0 amide bonds. The number of fused-ring (bicyclic) bond motifs is 8. The van der Waals surface area contributed by atoms with Crippen molar-refractivity contribution in [2.24, 2.45) is 0 Å². The summed E-state index contributed by atoms with van der Waals surface area (Å²) in [5, 5.41) is 9.06. The van der Waals surface area contributed by atoms with Crippen LogP contribution in [0.5, 0.6) is 0 Å². The van der Waals surface area contributed by atoms with E-state index in [1.165, 1.54) is 26.9 Å². The van der Waals surface area contributed by atoms with Crippen molar-refractivity contribution in [1.29, 1.82) is 0 Å². The van der Waals surface area contributed by atoms with Crippen LogP contribution in [0.2, 0.25) is 0 Å². The van der Waals surface area contributed by atoms with Crippen LogP contribution in [0.15, 0.2) is 168 Å². The largest absolute Gasteiger partial charge is 0.455 e. The number of hydrogen-bond donors (Lipinski definition) is 0. The minimum Gasteiger partial charge on any atom is -0.455 e. The Kier molecular flexibility index (Phi) is 6.15. The van der Waals surface area contributed by atoms with Crippen molar-refractivity contribution >= 4 is 54.3 Å². The van der Waals surface area contributed by atoms with E-state index in [1.807, 2.05) is 36.4 Å². The van der Waals surface area contributed by atoms with E-state index in [9.17, 15) is 0 Å². The van der Waals surface area contributed by atoms with Crippen LogP contribution < -0.4 is 0 Å². The van der Waals surface area contributed by atoms with Crippen molar-refractivity contribution in [2.75, 3.05) is 0 Å². The molecule has 49 heavy (non-hydrogen) atoms. The summed E-state index contributed by atoms with van der Waals surface area (Å²) in [5.41, 5.74) is 6.56. The summed E-state index contributed by atoms with van der Waals surface area (Å²) in [7, 11) is 0. The Morgan fingerprint density at radius 3 is 1.71 bits per heavy atom. The van der Waals surface area contributed by atoms with Crippen LogP contribution in [-0.4, -0.2) is 15.0 Å². The maximum atomic E-state index is 6.61. The summed E-state index contributed by atoms with van der Waals surface area (Å²) in [6, 6.07) is 56.8. The van der Waals surface area contributed by atoms with E-state index in [1.54, 1.807) is 0 Å². The highest BCUT2D eigenvalue weighted by molar-refractivity contribution is 6.21. The van der Waals surface area contributed by atoms with E-state index < -0.39 is 0 Å². The molecular formula is C45H27N3O. The molecule has 0 aliphatic rings. The van der Waals surface area contributed by atoms with E-state index in [-0.39, 0.29) is 0 Å². The number of benzene rings is 8. The number of hydrogen-bond acceptors (Lipinski definition) is 4. The van der Waals surface area contributed by atoms with Crippen molar-refractivity contribution in [3.8, 4) is 45.3 Å². The Morgan fingerprint density at radius 1 is 0.347 bits per heavy atom. The topological polar surface area (TPSA) is 51.8 Å². The zero-order valence-corrected chi connectivity index (χ0v) is 26.3. The van der Waals surface area contributed by atoms with Gasteiger partial charge in [-0.3, -0.25) is 0 Å². The Labute approximate surface area is 282 Å². The van der Waals surface area contributed by atoms with Gasteiger partial charge in [0.1, 0.15) is 11.2 Å². The molecule has 0 N–H and O–H groups in total. The van der Waals surface area contributed by atoms with Crippen LogP contribution in [0.25, 0.3) is 99.5 Å². The normalized spacial score (nSPS) is 11.7. The third-order valence-corrected chi connectivity index (χ3v) is 9.53. The predicted octanol–water partition coefficient (Wildman–Crippen LogP) is 11.9. The molecule has 2 heterocycles. The van der Waals surface area contributed by atoms with Crippen molar-refractivity contribution in [1.82, 2.24) is 15.0 Å². The third-order valence-electron chi connectivity index (χ3n) is 9.53. The van der Waals surface area contributed by atoms with Gasteiger partial charge in [0.25, 0.3) is 0 Å². The van der Waals surface area contributed by atoms with Gasteiger partial charge in [0.15, 0.2) is 17.5 Å². The highest BCUT2D eigenvalue weighted by atomic mass is 16.3. The van der Waals surface area contributed by atoms with E-state index in [2.05, 4.69) is 127 Å². The molecule has 0 unspecified atom stereocenters. The predicted molar refractivity (Wildman–Crippen MR) is 201 cm³/mol. The van der Waals surface area contributed by atoms with Gasteiger partial charge in [-0.1, -0.05) is 140 Å². The second-order valence-corrected chi connectivity index (χ2v) is 12.4. The van der Waals surface area contributed by atoms with Gasteiger partial charge in [-0.05, 0) is 62.1 Å². The summed E-state index contributed by atoms with van der Waals surface area (Å²) >= 11 is 0. The molecule has 2 aromatic heterocycles. The van der Waals surface area contributed by atoms with Gasteiger partial charge in [-0.25, -0.2) is 15.0 Å². The van der Waals surface area contributed by atoms with Gasteiger partial charge < -0.3 is 4.42 Å². The Bertz CT molecular complexity index is 2880. The lowest BCUT2D eigenvalue weighted by Crippen LogP contribution is -2.01. The van der Waals surface area contributed by atoms with Gasteiger partial charge in [0.05, 0.1) is 0 Å². The first-order valence-corrected chi connectivity index (χ1v) is 16.5. The van der Waals surface area contributed by atoms with Crippen molar-refractivity contribution in [2.45, 2.75) is 0 Å². The molecule has 0 aliphatic carbocycles. The van der Waals surface area contributed by atoms with Crippen molar-refractivity contribution in [3.63, 3.8) is 0 Å². The standard InChI is InChI=1S/C45H27N3O/c1-3-13-28(14-4-1)32-25-26-37(41-36-21-11-12-22-40(36)49-42(32)41)44-46-43(30-16-5-2-6-17-30)47-45(48-44)39-27-38-31-18-8-7-15-29(31)23-24-35(38)33-19-9-10-20-34(33)39/h1-27H. The lowest BCUT2D eigenvalue weighted by atomic mass is 9.93. The first kappa shape index (κ1) is 27.5. The number of nitrogens with zero attached hydrogens (tertiary/aromatic N) is 3. The minimum absolute atomic E-state index is 0.599. The van der Waals surface area contributed by atoms with Gasteiger partial charge in [0.2, 0.25) is 0 Å². The SMILES string of the molecule is c1ccc(-c2nc(-c3cc4c5ccccc5ccc4c4ccccc34)nc(-c3ccc(-c4ccccc4)c4oc5ccccc5c34)n2)cc1. The zero-order chi connectivity index (χ0) is 32.3. The maximum absolute atomic E-state index is 6.61. The van der Waals surface area contributed by atoms with E-state index in [4.69, 9.17) is 19.4 Å². The van der Waals surface area contributed by atoms with Gasteiger partial charge >= 0.3 is 0 Å². The monoisotopic (exact) mass is 625 g/mol. The van der Waals surface area contributed by atoms with Gasteiger partial charge in [-0.2, -0.15) is 0 Å². The van der Waals surface area contributed by atoms with Gasteiger partial charge in [-0.15, -0.1) is 0 Å². The zero-order valence-electron chi connectivity index (χ0n) is 26.3. The molecule has 0 saturated heterocycles. The van der Waals surface area contributed by atoms with Crippen LogP contribution in [0.3, 0.4) is 0 Å². The fourth-order valence-electron chi connectivity index (χ4n) is 7.24. The molecule has 0 radical (unpaired) electrons. The molecule has 0 saturated carbocycles. The second kappa shape index (κ2) is 11.0. The van der Waals surface area contributed by atoms with E-state index in [0.717, 1.165) is 55.1 Å². The molecule has 228 valence electrons. The molecule has 0 atom stereocenters. The molecular weight excluding hydrogens is 599 g/mol. The molecule has 0 bridgehead atoms.